The number of carbonyl (C=O) groups excluding carboxylic acids is 1. The van der Waals surface area contributed by atoms with Crippen molar-refractivity contribution in [3.63, 3.8) is 0 Å². The minimum absolute atomic E-state index is 0.300. The van der Waals surface area contributed by atoms with Crippen LogP contribution in [0.3, 0.4) is 0 Å². The van der Waals surface area contributed by atoms with Crippen molar-refractivity contribution in [2.24, 2.45) is 4.99 Å². The Hall–Kier alpha value is -1.18. The van der Waals surface area contributed by atoms with E-state index in [1.165, 1.54) is 0 Å². The zero-order valence-electron chi connectivity index (χ0n) is 9.81. The zero-order valence-corrected chi connectivity index (χ0v) is 10.6. The average molecular weight is 254 g/mol. The Bertz CT molecular complexity index is 490. The van der Waals surface area contributed by atoms with Crippen LogP contribution < -0.4 is 0 Å². The quantitative estimate of drug-likeness (QED) is 0.582. The summed E-state index contributed by atoms with van der Waals surface area (Å²) in [6, 6.07) is 1.60. The Morgan fingerprint density at radius 1 is 1.47 bits per heavy atom. The summed E-state index contributed by atoms with van der Waals surface area (Å²) in [5.74, 6) is -0.300. The van der Waals surface area contributed by atoms with E-state index in [-0.39, 0.29) is 5.82 Å². The normalized spacial score (nSPS) is 17.2. The van der Waals surface area contributed by atoms with Crippen LogP contribution in [0.2, 0.25) is 5.02 Å². The lowest BCUT2D eigenvalue weighted by atomic mass is 9.70. The second-order valence-corrected chi connectivity index (χ2v) is 4.98. The maximum absolute atomic E-state index is 14.2. The summed E-state index contributed by atoms with van der Waals surface area (Å²) in [6.07, 6.45) is 3.87. The van der Waals surface area contributed by atoms with Gasteiger partial charge in [-0.3, -0.25) is 0 Å². The van der Waals surface area contributed by atoms with E-state index in [0.29, 0.717) is 34.6 Å². The van der Waals surface area contributed by atoms with Gasteiger partial charge in [0.15, 0.2) is 0 Å². The molecule has 1 fully saturated rings. The minimum Gasteiger partial charge on any atom is -0.211 e. The Kier molecular flexibility index (Phi) is 3.07. The topological polar surface area (TPSA) is 29.4 Å². The molecule has 0 saturated heterocycles. The molecular weight excluding hydrogens is 241 g/mol. The van der Waals surface area contributed by atoms with Crippen molar-refractivity contribution in [2.45, 2.75) is 38.6 Å². The van der Waals surface area contributed by atoms with Gasteiger partial charge in [-0.1, -0.05) is 11.6 Å². The molecule has 2 rings (SSSR count). The predicted octanol–water partition coefficient (Wildman–Crippen LogP) is 3.81. The third-order valence-corrected chi connectivity index (χ3v) is 3.94. The van der Waals surface area contributed by atoms with Gasteiger partial charge in [0, 0.05) is 10.6 Å². The number of nitrogens with zero attached hydrogens (tertiary/aromatic N) is 1. The molecule has 0 aliphatic heterocycles. The molecule has 90 valence electrons. The highest BCUT2D eigenvalue weighted by atomic mass is 35.5. The standard InChI is InChI=1S/C13H13ClFNO/c1-8-6-10(14)9(2)11(12(8)15)13(16-7-17)4-3-5-13/h6H,3-5H2,1-2H3. The van der Waals surface area contributed by atoms with Gasteiger partial charge < -0.3 is 0 Å². The fraction of sp³-hybridized carbons (Fsp3) is 0.462. The second kappa shape index (κ2) is 4.25. The summed E-state index contributed by atoms with van der Waals surface area (Å²) in [7, 11) is 0. The molecule has 0 bridgehead atoms. The van der Waals surface area contributed by atoms with E-state index >= 15 is 0 Å². The van der Waals surface area contributed by atoms with E-state index < -0.39 is 5.54 Å². The third-order valence-electron chi connectivity index (χ3n) is 3.55. The first-order valence-corrected chi connectivity index (χ1v) is 5.94. The number of hydrogen-bond acceptors (Lipinski definition) is 2. The van der Waals surface area contributed by atoms with Crippen LogP contribution in [0.4, 0.5) is 4.39 Å². The van der Waals surface area contributed by atoms with Crippen LogP contribution in [0.1, 0.15) is 36.0 Å². The lowest BCUT2D eigenvalue weighted by Gasteiger charge is -2.38. The zero-order chi connectivity index (χ0) is 12.6. The van der Waals surface area contributed by atoms with E-state index in [1.54, 1.807) is 26.0 Å². The number of aryl methyl sites for hydroxylation is 1. The molecular formula is C13H13ClFNO. The fourth-order valence-electron chi connectivity index (χ4n) is 2.41. The van der Waals surface area contributed by atoms with E-state index in [0.717, 1.165) is 6.42 Å². The van der Waals surface area contributed by atoms with Gasteiger partial charge in [-0.15, -0.1) is 0 Å². The molecule has 1 saturated carbocycles. The van der Waals surface area contributed by atoms with Crippen molar-refractivity contribution in [2.75, 3.05) is 0 Å². The summed E-state index contributed by atoms with van der Waals surface area (Å²) >= 11 is 6.07. The first-order valence-electron chi connectivity index (χ1n) is 5.56. The largest absolute Gasteiger partial charge is 0.235 e. The first kappa shape index (κ1) is 12.3. The van der Waals surface area contributed by atoms with Gasteiger partial charge in [-0.2, -0.15) is 4.99 Å². The van der Waals surface area contributed by atoms with Crippen LogP contribution in [0.5, 0.6) is 0 Å². The summed E-state index contributed by atoms with van der Waals surface area (Å²) in [4.78, 5) is 14.4. The average Bonchev–Trinajstić information content (AvgIpc) is 2.23. The number of aliphatic imine (C=N–C) groups is 1. The Morgan fingerprint density at radius 3 is 2.59 bits per heavy atom. The van der Waals surface area contributed by atoms with Gasteiger partial charge in [0.1, 0.15) is 11.4 Å². The molecule has 4 heteroatoms. The SMILES string of the molecule is Cc1cc(Cl)c(C)c(C2(N=C=O)CCC2)c1F. The van der Waals surface area contributed by atoms with E-state index in [1.807, 2.05) is 0 Å². The molecule has 0 heterocycles. The Balaban J connectivity index is 2.69. The highest BCUT2D eigenvalue weighted by molar-refractivity contribution is 6.31. The highest BCUT2D eigenvalue weighted by Crippen LogP contribution is 2.48. The maximum atomic E-state index is 14.2. The molecule has 0 N–H and O–H groups in total. The van der Waals surface area contributed by atoms with Crippen LogP contribution >= 0.6 is 11.6 Å². The van der Waals surface area contributed by atoms with Gasteiger partial charge in [0.05, 0.1) is 0 Å². The van der Waals surface area contributed by atoms with E-state index in [2.05, 4.69) is 4.99 Å². The highest BCUT2D eigenvalue weighted by Gasteiger charge is 2.42. The minimum atomic E-state index is -0.731. The monoisotopic (exact) mass is 253 g/mol. The number of isocyanates is 1. The molecule has 1 aromatic carbocycles. The molecule has 1 aliphatic carbocycles. The molecule has 1 aliphatic rings. The number of halogens is 2. The molecule has 0 spiro atoms. The molecule has 2 nitrogen and oxygen atoms in total. The van der Waals surface area contributed by atoms with Crippen molar-refractivity contribution in [3.8, 4) is 0 Å². The van der Waals surface area contributed by atoms with Crippen molar-refractivity contribution in [3.05, 3.63) is 33.6 Å². The van der Waals surface area contributed by atoms with Gasteiger partial charge in [0.25, 0.3) is 0 Å². The third kappa shape index (κ3) is 1.80. The van der Waals surface area contributed by atoms with E-state index in [9.17, 15) is 9.18 Å². The molecule has 0 aromatic heterocycles. The van der Waals surface area contributed by atoms with Crippen molar-refractivity contribution in [1.82, 2.24) is 0 Å². The van der Waals surface area contributed by atoms with Gasteiger partial charge >= 0.3 is 0 Å². The summed E-state index contributed by atoms with van der Waals surface area (Å²) in [5, 5.41) is 0.520. The molecule has 0 unspecified atom stereocenters. The lowest BCUT2D eigenvalue weighted by Crippen LogP contribution is -2.34. The van der Waals surface area contributed by atoms with Gasteiger partial charge in [-0.25, -0.2) is 9.18 Å². The maximum Gasteiger partial charge on any atom is 0.235 e. The van der Waals surface area contributed by atoms with Crippen LogP contribution in [0, 0.1) is 19.7 Å². The fourth-order valence-corrected chi connectivity index (χ4v) is 2.67. The predicted molar refractivity (Wildman–Crippen MR) is 64.5 cm³/mol. The van der Waals surface area contributed by atoms with E-state index in [4.69, 9.17) is 11.6 Å². The van der Waals surface area contributed by atoms with Gasteiger partial charge in [0.2, 0.25) is 6.08 Å². The summed E-state index contributed by atoms with van der Waals surface area (Å²) in [5.41, 5.74) is 0.902. The second-order valence-electron chi connectivity index (χ2n) is 4.58. The Labute approximate surface area is 105 Å². The summed E-state index contributed by atoms with van der Waals surface area (Å²) < 4.78 is 14.2. The van der Waals surface area contributed by atoms with Crippen LogP contribution in [-0.4, -0.2) is 6.08 Å². The molecule has 0 radical (unpaired) electrons. The van der Waals surface area contributed by atoms with Crippen molar-refractivity contribution >= 4 is 17.7 Å². The van der Waals surface area contributed by atoms with Crippen molar-refractivity contribution < 1.29 is 9.18 Å². The van der Waals surface area contributed by atoms with Crippen LogP contribution in [0.25, 0.3) is 0 Å². The summed E-state index contributed by atoms with van der Waals surface area (Å²) in [6.45, 7) is 3.43. The smallest absolute Gasteiger partial charge is 0.211 e. The number of rotatable bonds is 2. The first-order chi connectivity index (χ1) is 8.02. The molecule has 17 heavy (non-hydrogen) atoms. The number of hydrogen-bond donors (Lipinski definition) is 0. The number of benzene rings is 1. The molecule has 0 amide bonds. The molecule has 1 aromatic rings. The Morgan fingerprint density at radius 2 is 2.12 bits per heavy atom. The lowest BCUT2D eigenvalue weighted by molar-refractivity contribution is 0.246. The molecule has 0 atom stereocenters. The van der Waals surface area contributed by atoms with Crippen molar-refractivity contribution in [1.29, 1.82) is 0 Å². The van der Waals surface area contributed by atoms with Crippen LogP contribution in [0.15, 0.2) is 11.1 Å². The van der Waals surface area contributed by atoms with Crippen LogP contribution in [-0.2, 0) is 10.3 Å². The van der Waals surface area contributed by atoms with Gasteiger partial charge in [-0.05, 0) is 50.3 Å².